The zero-order valence-electron chi connectivity index (χ0n) is 11.9. The molecule has 0 aliphatic carbocycles. The summed E-state index contributed by atoms with van der Waals surface area (Å²) in [5.74, 6) is 0.897. The number of nitrogens with zero attached hydrogens (tertiary/aromatic N) is 1. The van der Waals surface area contributed by atoms with Crippen LogP contribution in [-0.4, -0.2) is 11.5 Å². The number of hydrogen-bond donors (Lipinski definition) is 2. The van der Waals surface area contributed by atoms with Gasteiger partial charge < -0.3 is 11.1 Å². The van der Waals surface area contributed by atoms with Crippen LogP contribution in [0.25, 0.3) is 0 Å². The van der Waals surface area contributed by atoms with Crippen LogP contribution in [0.4, 0.5) is 11.5 Å². The van der Waals surface area contributed by atoms with Crippen LogP contribution >= 0.6 is 0 Å². The number of hydrogen-bond acceptors (Lipinski definition) is 3. The summed E-state index contributed by atoms with van der Waals surface area (Å²) in [5.41, 5.74) is 8.01. The van der Waals surface area contributed by atoms with E-state index in [1.54, 1.807) is 6.20 Å². The van der Waals surface area contributed by atoms with Crippen LogP contribution in [0.2, 0.25) is 0 Å². The van der Waals surface area contributed by atoms with Crippen molar-refractivity contribution in [3.63, 3.8) is 0 Å². The number of nitrogens with one attached hydrogen (secondary N) is 1. The fourth-order valence-electron chi connectivity index (χ4n) is 1.24. The molecule has 0 aromatic carbocycles. The van der Waals surface area contributed by atoms with Gasteiger partial charge >= 0.3 is 0 Å². The van der Waals surface area contributed by atoms with Crippen LogP contribution in [0, 0.1) is 17.8 Å². The van der Waals surface area contributed by atoms with E-state index in [0.29, 0.717) is 0 Å². The first-order valence-electron chi connectivity index (χ1n) is 6.09. The molecule has 0 unspecified atom stereocenters. The predicted octanol–water partition coefficient (Wildman–Crippen LogP) is 3.46. The Bertz CT molecular complexity index is 389. The van der Waals surface area contributed by atoms with Crippen molar-refractivity contribution in [3.8, 4) is 0 Å². The lowest BCUT2D eigenvalue weighted by atomic mass is 9.69. The van der Waals surface area contributed by atoms with Crippen LogP contribution < -0.4 is 11.1 Å². The van der Waals surface area contributed by atoms with Crippen molar-refractivity contribution in [2.24, 2.45) is 10.8 Å². The Morgan fingerprint density at radius 2 is 1.82 bits per heavy atom. The number of aromatic nitrogens is 1. The average Bonchev–Trinajstić information content (AvgIpc) is 2.18. The molecule has 17 heavy (non-hydrogen) atoms. The summed E-state index contributed by atoms with van der Waals surface area (Å²) in [5, 5.41) is 3.39. The van der Waals surface area contributed by atoms with Crippen molar-refractivity contribution >= 4 is 11.5 Å². The minimum Gasteiger partial charge on any atom is -0.397 e. The molecule has 0 saturated carbocycles. The van der Waals surface area contributed by atoms with Gasteiger partial charge in [-0.15, -0.1) is 0 Å². The molecule has 3 N–H and O–H groups in total. The molecule has 0 atom stereocenters. The maximum Gasteiger partial charge on any atom is 0.126 e. The third-order valence-corrected chi connectivity index (χ3v) is 3.89. The predicted molar refractivity (Wildman–Crippen MR) is 75.1 cm³/mol. The molecule has 0 bridgehead atoms. The molecule has 0 amide bonds. The molecule has 0 aliphatic rings. The van der Waals surface area contributed by atoms with Crippen molar-refractivity contribution < 1.29 is 0 Å². The fraction of sp³-hybridized carbons (Fsp3) is 0.643. The molecule has 96 valence electrons. The van der Waals surface area contributed by atoms with E-state index in [0.717, 1.165) is 23.6 Å². The van der Waals surface area contributed by atoms with E-state index in [9.17, 15) is 0 Å². The quantitative estimate of drug-likeness (QED) is 0.843. The highest BCUT2D eigenvalue weighted by atomic mass is 15.0. The molecular formula is C14H25N3. The topological polar surface area (TPSA) is 50.9 Å². The lowest BCUT2D eigenvalue weighted by Crippen LogP contribution is -2.36. The smallest absolute Gasteiger partial charge is 0.126 e. The van der Waals surface area contributed by atoms with Crippen LogP contribution in [0.3, 0.4) is 0 Å². The van der Waals surface area contributed by atoms with Gasteiger partial charge in [-0.3, -0.25) is 0 Å². The Morgan fingerprint density at radius 1 is 1.24 bits per heavy atom. The van der Waals surface area contributed by atoms with Gasteiger partial charge in [0, 0.05) is 6.54 Å². The maximum atomic E-state index is 5.75. The van der Waals surface area contributed by atoms with E-state index in [4.69, 9.17) is 5.73 Å². The highest BCUT2D eigenvalue weighted by Crippen LogP contribution is 2.37. The monoisotopic (exact) mass is 235 g/mol. The van der Waals surface area contributed by atoms with Crippen molar-refractivity contribution in [2.45, 2.75) is 41.5 Å². The highest BCUT2D eigenvalue weighted by Gasteiger charge is 2.32. The number of anilines is 2. The Kier molecular flexibility index (Phi) is 3.70. The minimum absolute atomic E-state index is 0.198. The van der Waals surface area contributed by atoms with Gasteiger partial charge in [0.1, 0.15) is 5.82 Å². The van der Waals surface area contributed by atoms with E-state index >= 15 is 0 Å². The van der Waals surface area contributed by atoms with Crippen LogP contribution in [0.5, 0.6) is 0 Å². The van der Waals surface area contributed by atoms with Gasteiger partial charge in [0.15, 0.2) is 0 Å². The summed E-state index contributed by atoms with van der Waals surface area (Å²) >= 11 is 0. The molecule has 0 spiro atoms. The zero-order chi connectivity index (χ0) is 13.3. The van der Waals surface area contributed by atoms with E-state index in [1.807, 2.05) is 13.0 Å². The van der Waals surface area contributed by atoms with Crippen LogP contribution in [-0.2, 0) is 0 Å². The largest absolute Gasteiger partial charge is 0.397 e. The van der Waals surface area contributed by atoms with Crippen molar-refractivity contribution in [1.82, 2.24) is 4.98 Å². The molecule has 0 fully saturated rings. The minimum atomic E-state index is 0.198. The van der Waals surface area contributed by atoms with Gasteiger partial charge in [-0.25, -0.2) is 4.98 Å². The summed E-state index contributed by atoms with van der Waals surface area (Å²) in [4.78, 5) is 4.29. The first-order chi connectivity index (χ1) is 7.63. The summed E-state index contributed by atoms with van der Waals surface area (Å²) in [6.45, 7) is 14.2. The van der Waals surface area contributed by atoms with E-state index in [1.165, 1.54) is 0 Å². The van der Waals surface area contributed by atoms with Crippen molar-refractivity contribution in [2.75, 3.05) is 17.6 Å². The Labute approximate surface area is 105 Å². The molecule has 1 rings (SSSR count). The molecule has 3 heteroatoms. The van der Waals surface area contributed by atoms with Crippen LogP contribution in [0.1, 0.15) is 40.2 Å². The number of aryl methyl sites for hydroxylation is 1. The Balaban J connectivity index is 2.71. The molecular weight excluding hydrogens is 210 g/mol. The molecule has 3 nitrogen and oxygen atoms in total. The highest BCUT2D eigenvalue weighted by molar-refractivity contribution is 5.50. The SMILES string of the molecule is Cc1cc(NCC(C)(C)C(C)(C)C)ncc1N. The lowest BCUT2D eigenvalue weighted by molar-refractivity contribution is 0.148. The second-order valence-electron chi connectivity index (χ2n) is 6.41. The van der Waals surface area contributed by atoms with Gasteiger partial charge in [-0.2, -0.15) is 0 Å². The normalized spacial score (nSPS) is 12.6. The first kappa shape index (κ1) is 13.8. The summed E-state index contributed by atoms with van der Waals surface area (Å²) in [6, 6.07) is 1.99. The van der Waals surface area contributed by atoms with Gasteiger partial charge in [0.25, 0.3) is 0 Å². The summed E-state index contributed by atoms with van der Waals surface area (Å²) in [7, 11) is 0. The molecule has 1 heterocycles. The summed E-state index contributed by atoms with van der Waals surface area (Å²) in [6.07, 6.45) is 1.71. The van der Waals surface area contributed by atoms with E-state index in [2.05, 4.69) is 44.9 Å². The average molecular weight is 235 g/mol. The van der Waals surface area contributed by atoms with Gasteiger partial charge in [-0.05, 0) is 29.4 Å². The Hall–Kier alpha value is -1.25. The molecule has 1 aromatic rings. The maximum absolute atomic E-state index is 5.75. The lowest BCUT2D eigenvalue weighted by Gasteiger charge is -2.39. The second-order valence-corrected chi connectivity index (χ2v) is 6.41. The molecule has 0 aliphatic heterocycles. The third kappa shape index (κ3) is 3.35. The van der Waals surface area contributed by atoms with Gasteiger partial charge in [-0.1, -0.05) is 34.6 Å². The first-order valence-corrected chi connectivity index (χ1v) is 6.09. The zero-order valence-corrected chi connectivity index (χ0v) is 11.9. The fourth-order valence-corrected chi connectivity index (χ4v) is 1.24. The van der Waals surface area contributed by atoms with Crippen molar-refractivity contribution in [1.29, 1.82) is 0 Å². The number of pyridine rings is 1. The van der Waals surface area contributed by atoms with Gasteiger partial charge in [0.05, 0.1) is 11.9 Å². The molecule has 0 saturated heterocycles. The van der Waals surface area contributed by atoms with Crippen molar-refractivity contribution in [3.05, 3.63) is 17.8 Å². The Morgan fingerprint density at radius 3 is 2.29 bits per heavy atom. The van der Waals surface area contributed by atoms with E-state index < -0.39 is 0 Å². The molecule has 0 radical (unpaired) electrons. The van der Waals surface area contributed by atoms with Gasteiger partial charge in [0.2, 0.25) is 0 Å². The summed E-state index contributed by atoms with van der Waals surface area (Å²) < 4.78 is 0. The third-order valence-electron chi connectivity index (χ3n) is 3.89. The second kappa shape index (κ2) is 4.55. The number of rotatable bonds is 3. The standard InChI is InChI=1S/C14H25N3/c1-10-7-12(16-8-11(10)15)17-9-14(5,6)13(2,3)4/h7-8H,9,15H2,1-6H3,(H,16,17). The number of nitrogens with two attached hydrogens (primary N) is 1. The molecule has 1 aromatic heterocycles. The van der Waals surface area contributed by atoms with E-state index in [-0.39, 0.29) is 10.8 Å². The number of nitrogen functional groups attached to an aromatic ring is 1. The van der Waals surface area contributed by atoms with Crippen LogP contribution in [0.15, 0.2) is 12.3 Å².